The number of pyridine rings is 1. The first-order valence-corrected chi connectivity index (χ1v) is 11.7. The molecule has 5 rings (SSSR count). The van der Waals surface area contributed by atoms with Crippen LogP contribution in [0.1, 0.15) is 43.1 Å². The van der Waals surface area contributed by atoms with E-state index >= 15 is 0 Å². The maximum Gasteiger partial charge on any atom is 0.230 e. The smallest absolute Gasteiger partial charge is 0.230 e. The third-order valence-corrected chi connectivity index (χ3v) is 6.62. The van der Waals surface area contributed by atoms with E-state index in [2.05, 4.69) is 20.0 Å². The van der Waals surface area contributed by atoms with Crippen molar-refractivity contribution in [3.8, 4) is 17.1 Å². The Morgan fingerprint density at radius 3 is 2.48 bits per heavy atom. The minimum absolute atomic E-state index is 0.151. The number of carbonyl (C=O) groups excluding carboxylic acids is 1. The van der Waals surface area contributed by atoms with Gasteiger partial charge in [0.15, 0.2) is 0 Å². The summed E-state index contributed by atoms with van der Waals surface area (Å²) in [6, 6.07) is 11.7. The van der Waals surface area contributed by atoms with Gasteiger partial charge in [-0.1, -0.05) is 30.1 Å². The summed E-state index contributed by atoms with van der Waals surface area (Å²) in [7, 11) is 1.64. The third kappa shape index (κ3) is 4.84. The molecule has 2 aromatic heterocycles. The summed E-state index contributed by atoms with van der Waals surface area (Å²) in [4.78, 5) is 26.1. The fourth-order valence-corrected chi connectivity index (χ4v) is 4.61. The molecule has 2 aliphatic rings. The molecule has 0 unspecified atom stereocenters. The van der Waals surface area contributed by atoms with Crippen LogP contribution in [0.25, 0.3) is 11.4 Å². The van der Waals surface area contributed by atoms with Crippen LogP contribution < -0.4 is 9.64 Å². The lowest BCUT2D eigenvalue weighted by atomic mass is 10.1. The van der Waals surface area contributed by atoms with E-state index in [0.717, 1.165) is 54.5 Å². The van der Waals surface area contributed by atoms with E-state index in [4.69, 9.17) is 9.26 Å². The van der Waals surface area contributed by atoms with Crippen LogP contribution in [0.4, 0.5) is 5.82 Å². The van der Waals surface area contributed by atoms with Crippen molar-refractivity contribution in [3.63, 3.8) is 0 Å². The van der Waals surface area contributed by atoms with Gasteiger partial charge in [0, 0.05) is 43.9 Å². The molecular formula is C25H29N5O3. The Kier molecular flexibility index (Phi) is 6.24. The van der Waals surface area contributed by atoms with Crippen LogP contribution in [0.3, 0.4) is 0 Å². The fourth-order valence-electron chi connectivity index (χ4n) is 4.61. The summed E-state index contributed by atoms with van der Waals surface area (Å²) < 4.78 is 10.7. The number of benzene rings is 1. The number of amides is 1. The predicted molar refractivity (Wildman–Crippen MR) is 124 cm³/mol. The van der Waals surface area contributed by atoms with Crippen LogP contribution >= 0.6 is 0 Å². The zero-order chi connectivity index (χ0) is 22.6. The highest BCUT2D eigenvalue weighted by molar-refractivity contribution is 5.79. The monoisotopic (exact) mass is 447 g/mol. The maximum atomic E-state index is 12.7. The van der Waals surface area contributed by atoms with Gasteiger partial charge in [0.25, 0.3) is 0 Å². The fraction of sp³-hybridized carbons (Fsp3) is 0.440. The van der Waals surface area contributed by atoms with E-state index in [0.29, 0.717) is 31.3 Å². The van der Waals surface area contributed by atoms with Gasteiger partial charge in [-0.15, -0.1) is 0 Å². The Morgan fingerprint density at radius 1 is 1.06 bits per heavy atom. The molecule has 8 nitrogen and oxygen atoms in total. The normalized spacial score (nSPS) is 16.9. The molecule has 1 saturated heterocycles. The number of methoxy groups -OCH3 is 1. The van der Waals surface area contributed by atoms with Crippen molar-refractivity contribution in [2.75, 3.05) is 38.2 Å². The topological polar surface area (TPSA) is 84.6 Å². The lowest BCUT2D eigenvalue weighted by Crippen LogP contribution is -2.49. The molecule has 0 bridgehead atoms. The number of hydrogen-bond acceptors (Lipinski definition) is 7. The number of aromatic nitrogens is 3. The molecule has 172 valence electrons. The summed E-state index contributed by atoms with van der Waals surface area (Å²) in [6.45, 7) is 2.89. The van der Waals surface area contributed by atoms with Crippen molar-refractivity contribution in [1.29, 1.82) is 0 Å². The third-order valence-electron chi connectivity index (χ3n) is 6.62. The standard InChI is InChI=1S/C25H29N5O3/c1-32-21-9-6-18(7-10-21)16-23(31)30-14-12-29(13-15-30)22-11-8-20(17-26-22)24-27-25(33-28-24)19-4-2-3-5-19/h6-11,17,19H,2-5,12-16H2,1H3. The SMILES string of the molecule is COc1ccc(CC(=O)N2CCN(c3ccc(-c4noc(C5CCCC5)n4)cn3)CC2)cc1. The molecule has 0 N–H and O–H groups in total. The van der Waals surface area contributed by atoms with Gasteiger partial charge in [-0.05, 0) is 42.7 Å². The van der Waals surface area contributed by atoms with Gasteiger partial charge in [-0.3, -0.25) is 4.79 Å². The zero-order valence-corrected chi connectivity index (χ0v) is 18.9. The second-order valence-corrected chi connectivity index (χ2v) is 8.74. The summed E-state index contributed by atoms with van der Waals surface area (Å²) in [6.07, 6.45) is 6.95. The first-order chi connectivity index (χ1) is 16.2. The summed E-state index contributed by atoms with van der Waals surface area (Å²) in [5.74, 6) is 3.61. The molecule has 0 radical (unpaired) electrons. The molecule has 0 spiro atoms. The Bertz CT molecular complexity index is 1070. The molecule has 2 fully saturated rings. The van der Waals surface area contributed by atoms with E-state index in [1.54, 1.807) is 13.3 Å². The minimum Gasteiger partial charge on any atom is -0.497 e. The van der Waals surface area contributed by atoms with Crippen LogP contribution in [0.5, 0.6) is 5.75 Å². The Labute approximate surface area is 193 Å². The largest absolute Gasteiger partial charge is 0.497 e. The average Bonchev–Trinajstić information content (AvgIpc) is 3.57. The van der Waals surface area contributed by atoms with Crippen LogP contribution in [0.15, 0.2) is 47.1 Å². The number of hydrogen-bond donors (Lipinski definition) is 0. The highest BCUT2D eigenvalue weighted by Gasteiger charge is 2.24. The van der Waals surface area contributed by atoms with Crippen LogP contribution in [0, 0.1) is 0 Å². The summed E-state index contributed by atoms with van der Waals surface area (Å²) in [5.41, 5.74) is 1.86. The highest BCUT2D eigenvalue weighted by Crippen LogP contribution is 2.34. The second-order valence-electron chi connectivity index (χ2n) is 8.74. The van der Waals surface area contributed by atoms with Crippen molar-refractivity contribution in [3.05, 3.63) is 54.0 Å². The summed E-state index contributed by atoms with van der Waals surface area (Å²) >= 11 is 0. The Morgan fingerprint density at radius 2 is 1.82 bits per heavy atom. The first kappa shape index (κ1) is 21.4. The highest BCUT2D eigenvalue weighted by atomic mass is 16.5. The van der Waals surface area contributed by atoms with E-state index in [1.165, 1.54) is 12.8 Å². The molecule has 1 saturated carbocycles. The molecule has 8 heteroatoms. The van der Waals surface area contributed by atoms with E-state index in [-0.39, 0.29) is 5.91 Å². The lowest BCUT2D eigenvalue weighted by Gasteiger charge is -2.35. The number of piperazine rings is 1. The number of carbonyl (C=O) groups is 1. The van der Waals surface area contributed by atoms with Crippen molar-refractivity contribution in [2.24, 2.45) is 0 Å². The molecule has 1 amide bonds. The van der Waals surface area contributed by atoms with Crippen molar-refractivity contribution >= 4 is 11.7 Å². The predicted octanol–water partition coefficient (Wildman–Crippen LogP) is 3.69. The minimum atomic E-state index is 0.151. The van der Waals surface area contributed by atoms with Crippen molar-refractivity contribution < 1.29 is 14.1 Å². The van der Waals surface area contributed by atoms with Crippen LogP contribution in [0.2, 0.25) is 0 Å². The molecule has 0 atom stereocenters. The van der Waals surface area contributed by atoms with Gasteiger partial charge in [-0.2, -0.15) is 4.98 Å². The molecule has 3 aromatic rings. The van der Waals surface area contributed by atoms with Crippen molar-refractivity contribution in [2.45, 2.75) is 38.0 Å². The van der Waals surface area contributed by atoms with Gasteiger partial charge in [0.2, 0.25) is 17.6 Å². The van der Waals surface area contributed by atoms with E-state index in [1.807, 2.05) is 41.3 Å². The zero-order valence-electron chi connectivity index (χ0n) is 18.9. The summed E-state index contributed by atoms with van der Waals surface area (Å²) in [5, 5.41) is 4.16. The maximum absolute atomic E-state index is 12.7. The number of nitrogens with zero attached hydrogens (tertiary/aromatic N) is 5. The molecule has 3 heterocycles. The Balaban J connectivity index is 1.15. The molecule has 33 heavy (non-hydrogen) atoms. The van der Waals surface area contributed by atoms with Gasteiger partial charge in [-0.25, -0.2) is 4.98 Å². The average molecular weight is 448 g/mol. The second kappa shape index (κ2) is 9.60. The molecule has 1 aliphatic heterocycles. The molecular weight excluding hydrogens is 418 g/mol. The quantitative estimate of drug-likeness (QED) is 0.570. The van der Waals surface area contributed by atoms with Crippen molar-refractivity contribution in [1.82, 2.24) is 20.0 Å². The van der Waals surface area contributed by atoms with Gasteiger partial charge >= 0.3 is 0 Å². The van der Waals surface area contributed by atoms with Gasteiger partial charge < -0.3 is 19.1 Å². The van der Waals surface area contributed by atoms with Crippen LogP contribution in [-0.4, -0.2) is 59.2 Å². The van der Waals surface area contributed by atoms with E-state index < -0.39 is 0 Å². The number of ether oxygens (including phenoxy) is 1. The van der Waals surface area contributed by atoms with Gasteiger partial charge in [0.1, 0.15) is 11.6 Å². The number of anilines is 1. The first-order valence-electron chi connectivity index (χ1n) is 11.7. The molecule has 1 aromatic carbocycles. The number of rotatable bonds is 6. The van der Waals surface area contributed by atoms with Crippen LogP contribution in [-0.2, 0) is 11.2 Å². The lowest BCUT2D eigenvalue weighted by molar-refractivity contribution is -0.130. The molecule has 1 aliphatic carbocycles. The van der Waals surface area contributed by atoms with Gasteiger partial charge in [0.05, 0.1) is 13.5 Å². The van der Waals surface area contributed by atoms with E-state index in [9.17, 15) is 4.79 Å². The Hall–Kier alpha value is -3.42.